The summed E-state index contributed by atoms with van der Waals surface area (Å²) in [6, 6.07) is 5.76. The molecule has 0 bridgehead atoms. The minimum atomic E-state index is -0.550. The molecule has 1 N–H and O–H groups in total. The molecule has 100 valence electrons. The Balaban J connectivity index is 1.86. The first kappa shape index (κ1) is 12.4. The van der Waals surface area contributed by atoms with Crippen molar-refractivity contribution in [2.75, 3.05) is 11.4 Å². The van der Waals surface area contributed by atoms with Crippen LogP contribution >= 0.6 is 11.6 Å². The van der Waals surface area contributed by atoms with Crippen molar-refractivity contribution in [3.05, 3.63) is 40.9 Å². The van der Waals surface area contributed by atoms with Crippen molar-refractivity contribution in [1.29, 1.82) is 0 Å². The molecule has 1 aliphatic heterocycles. The fourth-order valence-corrected chi connectivity index (χ4v) is 2.67. The molecular formula is C13H15ClN4O. The van der Waals surface area contributed by atoms with Crippen molar-refractivity contribution in [2.45, 2.75) is 26.1 Å². The summed E-state index contributed by atoms with van der Waals surface area (Å²) in [6.45, 7) is 4.21. The predicted molar refractivity (Wildman–Crippen MR) is 73.2 cm³/mol. The first-order valence-corrected chi connectivity index (χ1v) is 6.62. The highest BCUT2D eigenvalue weighted by Gasteiger charge is 2.18. The highest BCUT2D eigenvalue weighted by atomic mass is 35.5. The largest absolute Gasteiger partial charge is 0.389 e. The van der Waals surface area contributed by atoms with E-state index in [9.17, 15) is 5.11 Å². The molecule has 19 heavy (non-hydrogen) atoms. The molecule has 1 aromatic carbocycles. The molecule has 5 nitrogen and oxygen atoms in total. The van der Waals surface area contributed by atoms with Crippen LogP contribution in [-0.4, -0.2) is 26.4 Å². The van der Waals surface area contributed by atoms with E-state index in [0.717, 1.165) is 36.7 Å². The standard InChI is InChI=1S/C13H15ClN4O/c1-9(19)11-3-2-10(6-12(11)14)17-4-5-18-8-15-16-13(18)7-17/h2-3,6,8-9,19H,4-5,7H2,1H3. The number of nitrogens with zero attached hydrogens (tertiary/aromatic N) is 4. The first-order chi connectivity index (χ1) is 9.15. The SMILES string of the molecule is CC(O)c1ccc(N2CCn3cnnc3C2)cc1Cl. The zero-order valence-corrected chi connectivity index (χ0v) is 11.4. The number of hydrogen-bond acceptors (Lipinski definition) is 4. The maximum Gasteiger partial charge on any atom is 0.152 e. The molecular weight excluding hydrogens is 264 g/mol. The fourth-order valence-electron chi connectivity index (χ4n) is 2.34. The summed E-state index contributed by atoms with van der Waals surface area (Å²) >= 11 is 6.20. The van der Waals surface area contributed by atoms with Gasteiger partial charge in [0.05, 0.1) is 12.6 Å². The van der Waals surface area contributed by atoms with Crippen LogP contribution in [0.3, 0.4) is 0 Å². The number of aliphatic hydroxyl groups is 1. The molecule has 0 aliphatic carbocycles. The van der Waals surface area contributed by atoms with Crippen molar-refractivity contribution < 1.29 is 5.11 Å². The molecule has 6 heteroatoms. The third-order valence-corrected chi connectivity index (χ3v) is 3.77. The van der Waals surface area contributed by atoms with Crippen LogP contribution < -0.4 is 4.90 Å². The number of benzene rings is 1. The van der Waals surface area contributed by atoms with Crippen molar-refractivity contribution in [3.8, 4) is 0 Å². The summed E-state index contributed by atoms with van der Waals surface area (Å²) in [4.78, 5) is 2.21. The van der Waals surface area contributed by atoms with Crippen LogP contribution in [0.2, 0.25) is 5.02 Å². The van der Waals surface area contributed by atoms with E-state index in [4.69, 9.17) is 11.6 Å². The van der Waals surface area contributed by atoms with E-state index in [1.54, 1.807) is 13.3 Å². The second-order valence-electron chi connectivity index (χ2n) is 4.74. The number of halogens is 1. The number of hydrogen-bond donors (Lipinski definition) is 1. The Morgan fingerprint density at radius 1 is 1.37 bits per heavy atom. The lowest BCUT2D eigenvalue weighted by Gasteiger charge is -2.29. The Kier molecular flexibility index (Phi) is 3.16. The van der Waals surface area contributed by atoms with Gasteiger partial charge in [0.1, 0.15) is 6.33 Å². The maximum atomic E-state index is 9.59. The second kappa shape index (κ2) is 4.83. The predicted octanol–water partition coefficient (Wildman–Crippen LogP) is 2.00. The van der Waals surface area contributed by atoms with Crippen molar-refractivity contribution in [1.82, 2.24) is 14.8 Å². The first-order valence-electron chi connectivity index (χ1n) is 6.24. The fraction of sp³-hybridized carbons (Fsp3) is 0.385. The Bertz CT molecular complexity index is 596. The summed E-state index contributed by atoms with van der Waals surface area (Å²) in [5, 5.41) is 18.2. The zero-order valence-electron chi connectivity index (χ0n) is 10.6. The van der Waals surface area contributed by atoms with Gasteiger partial charge in [0.25, 0.3) is 0 Å². The van der Waals surface area contributed by atoms with Crippen LogP contribution in [-0.2, 0) is 13.1 Å². The van der Waals surface area contributed by atoms with Crippen molar-refractivity contribution in [2.24, 2.45) is 0 Å². The van der Waals surface area contributed by atoms with E-state index >= 15 is 0 Å². The lowest BCUT2D eigenvalue weighted by molar-refractivity contribution is 0.199. The molecule has 3 rings (SSSR count). The van der Waals surface area contributed by atoms with Gasteiger partial charge in [0, 0.05) is 23.8 Å². The number of aromatic nitrogens is 3. The molecule has 1 aromatic heterocycles. The van der Waals surface area contributed by atoms with Crippen LogP contribution in [0.25, 0.3) is 0 Å². The van der Waals surface area contributed by atoms with Crippen LogP contribution in [0.5, 0.6) is 0 Å². The zero-order chi connectivity index (χ0) is 13.4. The van der Waals surface area contributed by atoms with Crippen molar-refractivity contribution in [3.63, 3.8) is 0 Å². The van der Waals surface area contributed by atoms with Crippen LogP contribution in [0, 0.1) is 0 Å². The van der Waals surface area contributed by atoms with E-state index in [0.29, 0.717) is 5.02 Å². The van der Waals surface area contributed by atoms with Crippen molar-refractivity contribution >= 4 is 17.3 Å². The molecule has 1 unspecified atom stereocenters. The normalized spacial score (nSPS) is 16.3. The van der Waals surface area contributed by atoms with Crippen LogP contribution in [0.15, 0.2) is 24.5 Å². The van der Waals surface area contributed by atoms with Crippen LogP contribution in [0.1, 0.15) is 24.4 Å². The maximum absolute atomic E-state index is 9.59. The van der Waals surface area contributed by atoms with E-state index in [-0.39, 0.29) is 0 Å². The quantitative estimate of drug-likeness (QED) is 0.913. The lowest BCUT2D eigenvalue weighted by atomic mass is 10.1. The molecule has 0 saturated heterocycles. The second-order valence-corrected chi connectivity index (χ2v) is 5.15. The van der Waals surface area contributed by atoms with Gasteiger partial charge >= 0.3 is 0 Å². The average molecular weight is 279 g/mol. The molecule has 1 atom stereocenters. The summed E-state index contributed by atoms with van der Waals surface area (Å²) in [7, 11) is 0. The van der Waals surface area contributed by atoms with Gasteiger partial charge in [0.2, 0.25) is 0 Å². The van der Waals surface area contributed by atoms with E-state index < -0.39 is 6.10 Å². The minimum Gasteiger partial charge on any atom is -0.389 e. The number of aliphatic hydroxyl groups excluding tert-OH is 1. The van der Waals surface area contributed by atoms with E-state index in [1.807, 2.05) is 18.2 Å². The Morgan fingerprint density at radius 2 is 2.21 bits per heavy atom. The van der Waals surface area contributed by atoms with Crippen LogP contribution in [0.4, 0.5) is 5.69 Å². The van der Waals surface area contributed by atoms with Gasteiger partial charge in [-0.2, -0.15) is 0 Å². The number of anilines is 1. The topological polar surface area (TPSA) is 54.2 Å². The number of fused-ring (bicyclic) bond motifs is 1. The van der Waals surface area contributed by atoms with Gasteiger partial charge < -0.3 is 14.6 Å². The summed E-state index contributed by atoms with van der Waals surface area (Å²) in [6.07, 6.45) is 1.21. The van der Waals surface area contributed by atoms with Gasteiger partial charge in [-0.1, -0.05) is 17.7 Å². The summed E-state index contributed by atoms with van der Waals surface area (Å²) in [5.41, 5.74) is 1.80. The molecule has 0 spiro atoms. The van der Waals surface area contributed by atoms with E-state index in [2.05, 4.69) is 19.7 Å². The van der Waals surface area contributed by atoms with E-state index in [1.165, 1.54) is 0 Å². The molecule has 0 saturated carbocycles. The third kappa shape index (κ3) is 2.31. The monoisotopic (exact) mass is 278 g/mol. The number of rotatable bonds is 2. The smallest absolute Gasteiger partial charge is 0.152 e. The van der Waals surface area contributed by atoms with Gasteiger partial charge in [-0.3, -0.25) is 0 Å². The van der Waals surface area contributed by atoms with Gasteiger partial charge in [0.15, 0.2) is 5.82 Å². The molecule has 2 aromatic rings. The lowest BCUT2D eigenvalue weighted by Crippen LogP contribution is -2.33. The molecule has 2 heterocycles. The van der Waals surface area contributed by atoms with Gasteiger partial charge in [-0.05, 0) is 24.6 Å². The molecule has 1 aliphatic rings. The van der Waals surface area contributed by atoms with Gasteiger partial charge in [-0.15, -0.1) is 10.2 Å². The Labute approximate surface area is 116 Å². The third-order valence-electron chi connectivity index (χ3n) is 3.44. The molecule has 0 radical (unpaired) electrons. The summed E-state index contributed by atoms with van der Waals surface area (Å²) in [5.74, 6) is 0.960. The average Bonchev–Trinajstić information content (AvgIpc) is 2.85. The minimum absolute atomic E-state index is 0.550. The summed E-state index contributed by atoms with van der Waals surface area (Å²) < 4.78 is 2.06. The van der Waals surface area contributed by atoms with Gasteiger partial charge in [-0.25, -0.2) is 0 Å². The Morgan fingerprint density at radius 3 is 2.95 bits per heavy atom. The molecule has 0 amide bonds. The highest BCUT2D eigenvalue weighted by molar-refractivity contribution is 6.31. The Hall–Kier alpha value is -1.59. The highest BCUT2D eigenvalue weighted by Crippen LogP contribution is 2.29. The molecule has 0 fully saturated rings.